The molecule has 0 bridgehead atoms. The standard InChI is InChI=1S/C26H18O/c1-3-10-19(11-4-1)26(20-12-5-2-6-13-20)22-15-9-17-25-23(22)18-21-14-7-8-16-24(21)27-25/h1-18H. The van der Waals surface area contributed by atoms with E-state index < -0.39 is 0 Å². The van der Waals surface area contributed by atoms with Gasteiger partial charge in [-0.3, -0.25) is 0 Å². The van der Waals surface area contributed by atoms with Crippen LogP contribution in [0.3, 0.4) is 0 Å². The maximum atomic E-state index is 6.20. The lowest BCUT2D eigenvalue weighted by Gasteiger charge is -2.16. The lowest BCUT2D eigenvalue weighted by molar-refractivity contribution is 0.473. The topological polar surface area (TPSA) is 9.23 Å². The van der Waals surface area contributed by atoms with Crippen molar-refractivity contribution >= 4 is 11.6 Å². The average molecular weight is 346 g/mol. The van der Waals surface area contributed by atoms with E-state index in [9.17, 15) is 0 Å². The van der Waals surface area contributed by atoms with Crippen LogP contribution in [-0.2, 0) is 0 Å². The number of hydrogen-bond donors (Lipinski definition) is 0. The smallest absolute Gasteiger partial charge is 0.135 e. The van der Waals surface area contributed by atoms with Gasteiger partial charge in [0.1, 0.15) is 11.5 Å². The predicted octanol–water partition coefficient (Wildman–Crippen LogP) is 4.87. The molecular formula is C26H18O. The van der Waals surface area contributed by atoms with Crippen molar-refractivity contribution in [2.75, 3.05) is 0 Å². The fourth-order valence-electron chi connectivity index (χ4n) is 3.65. The Hall–Kier alpha value is -3.58. The van der Waals surface area contributed by atoms with Crippen molar-refractivity contribution in [3.8, 4) is 11.5 Å². The second-order valence-corrected chi connectivity index (χ2v) is 6.61. The summed E-state index contributed by atoms with van der Waals surface area (Å²) < 4.78 is 6.20. The summed E-state index contributed by atoms with van der Waals surface area (Å²) in [6.45, 7) is 0. The second kappa shape index (κ2) is 6.62. The first-order chi connectivity index (χ1) is 13.4. The minimum absolute atomic E-state index is 0.899. The maximum Gasteiger partial charge on any atom is 0.135 e. The molecule has 0 amide bonds. The van der Waals surface area contributed by atoms with Gasteiger partial charge in [0.25, 0.3) is 0 Å². The Bertz CT molecular complexity index is 1180. The van der Waals surface area contributed by atoms with E-state index in [-0.39, 0.29) is 0 Å². The fraction of sp³-hybridized carbons (Fsp3) is 0. The Kier molecular flexibility index (Phi) is 3.84. The molecule has 5 rings (SSSR count). The molecule has 0 saturated carbocycles. The van der Waals surface area contributed by atoms with Crippen LogP contribution in [0.2, 0.25) is 0 Å². The highest BCUT2D eigenvalue weighted by Crippen LogP contribution is 2.27. The molecule has 0 saturated heterocycles. The van der Waals surface area contributed by atoms with E-state index in [1.165, 1.54) is 21.9 Å². The van der Waals surface area contributed by atoms with Crippen LogP contribution in [0.5, 0.6) is 11.5 Å². The average Bonchev–Trinajstić information content (AvgIpc) is 2.74. The van der Waals surface area contributed by atoms with Gasteiger partial charge in [0.05, 0.1) is 0 Å². The first-order valence-electron chi connectivity index (χ1n) is 9.13. The van der Waals surface area contributed by atoms with Gasteiger partial charge in [-0.05, 0) is 40.1 Å². The van der Waals surface area contributed by atoms with E-state index in [1.807, 2.05) is 24.3 Å². The minimum atomic E-state index is 0.899. The molecule has 1 nitrogen and oxygen atoms in total. The van der Waals surface area contributed by atoms with E-state index in [0.717, 1.165) is 22.3 Å². The molecule has 0 aliphatic carbocycles. The van der Waals surface area contributed by atoms with Crippen LogP contribution in [0, 0.1) is 0 Å². The molecule has 1 heterocycles. The van der Waals surface area contributed by atoms with Gasteiger partial charge < -0.3 is 4.74 Å². The van der Waals surface area contributed by atoms with E-state index in [0.29, 0.717) is 0 Å². The van der Waals surface area contributed by atoms with Crippen molar-refractivity contribution in [2.24, 2.45) is 0 Å². The monoisotopic (exact) mass is 346 g/mol. The summed E-state index contributed by atoms with van der Waals surface area (Å²) >= 11 is 0. The number of benzene rings is 4. The third kappa shape index (κ3) is 2.84. The van der Waals surface area contributed by atoms with E-state index in [1.54, 1.807) is 0 Å². The van der Waals surface area contributed by atoms with Gasteiger partial charge in [-0.15, -0.1) is 0 Å². The molecule has 128 valence electrons. The molecule has 4 aromatic carbocycles. The number of hydrogen-bond acceptors (Lipinski definition) is 1. The van der Waals surface area contributed by atoms with Crippen LogP contribution in [0.1, 0.15) is 16.7 Å². The Morgan fingerprint density at radius 2 is 1.11 bits per heavy atom. The second-order valence-electron chi connectivity index (χ2n) is 6.61. The molecule has 1 aliphatic heterocycles. The molecular weight excluding hydrogens is 328 g/mol. The molecule has 0 spiro atoms. The highest BCUT2D eigenvalue weighted by Gasteiger charge is 2.13. The van der Waals surface area contributed by atoms with Crippen LogP contribution in [0.4, 0.5) is 0 Å². The van der Waals surface area contributed by atoms with Crippen molar-refractivity contribution in [3.63, 3.8) is 0 Å². The highest BCUT2D eigenvalue weighted by atomic mass is 16.5. The zero-order valence-corrected chi connectivity index (χ0v) is 14.8. The Morgan fingerprint density at radius 3 is 1.81 bits per heavy atom. The third-order valence-corrected chi connectivity index (χ3v) is 4.90. The minimum Gasteiger partial charge on any atom is -0.456 e. The molecule has 0 fully saturated rings. The van der Waals surface area contributed by atoms with Gasteiger partial charge in [-0.25, -0.2) is 0 Å². The number of para-hydroxylation sites is 1. The van der Waals surface area contributed by atoms with Gasteiger partial charge in [0.2, 0.25) is 0 Å². The molecule has 27 heavy (non-hydrogen) atoms. The number of fused-ring (bicyclic) bond motifs is 2. The van der Waals surface area contributed by atoms with Gasteiger partial charge in [0, 0.05) is 10.8 Å². The lowest BCUT2D eigenvalue weighted by atomic mass is 9.94. The van der Waals surface area contributed by atoms with Crippen molar-refractivity contribution < 1.29 is 4.74 Å². The quantitative estimate of drug-likeness (QED) is 0.443. The zero-order valence-electron chi connectivity index (χ0n) is 14.8. The Morgan fingerprint density at radius 1 is 0.519 bits per heavy atom. The molecule has 4 aromatic rings. The summed E-state index contributed by atoms with van der Waals surface area (Å²) in [5.41, 5.74) is 4.72. The fourth-order valence-corrected chi connectivity index (χ4v) is 3.65. The summed E-state index contributed by atoms with van der Waals surface area (Å²) in [7, 11) is 0. The summed E-state index contributed by atoms with van der Waals surface area (Å²) in [5, 5.41) is 2.30. The first kappa shape index (κ1) is 15.7. The molecule has 0 aromatic heterocycles. The van der Waals surface area contributed by atoms with Crippen LogP contribution >= 0.6 is 0 Å². The molecule has 0 unspecified atom stereocenters. The SMILES string of the molecule is C1=c2c(cccc2=C(c2ccccc2)c2ccccc2)Oc2ccccc21. The normalized spacial score (nSPS) is 11.6. The molecule has 0 atom stereocenters. The molecule has 0 N–H and O–H groups in total. The van der Waals surface area contributed by atoms with Gasteiger partial charge in [-0.1, -0.05) is 91.0 Å². The van der Waals surface area contributed by atoms with E-state index in [4.69, 9.17) is 4.74 Å². The maximum absolute atomic E-state index is 6.20. The number of ether oxygens (including phenoxy) is 1. The van der Waals surface area contributed by atoms with Crippen molar-refractivity contribution in [1.82, 2.24) is 0 Å². The van der Waals surface area contributed by atoms with Crippen molar-refractivity contribution in [3.05, 3.63) is 130 Å². The summed E-state index contributed by atoms with van der Waals surface area (Å²) in [5.74, 6) is 1.80. The van der Waals surface area contributed by atoms with Gasteiger partial charge in [0.15, 0.2) is 0 Å². The zero-order chi connectivity index (χ0) is 18.1. The van der Waals surface area contributed by atoms with E-state index in [2.05, 4.69) is 84.9 Å². The lowest BCUT2D eigenvalue weighted by Crippen LogP contribution is -2.30. The van der Waals surface area contributed by atoms with Gasteiger partial charge in [-0.2, -0.15) is 0 Å². The van der Waals surface area contributed by atoms with Crippen LogP contribution < -0.4 is 15.2 Å². The Labute approximate surface area is 158 Å². The van der Waals surface area contributed by atoms with E-state index >= 15 is 0 Å². The summed E-state index contributed by atoms with van der Waals surface area (Å²) in [6, 6.07) is 35.6. The Balaban J connectivity index is 1.92. The first-order valence-corrected chi connectivity index (χ1v) is 9.13. The molecule has 1 aliphatic rings. The van der Waals surface area contributed by atoms with Gasteiger partial charge >= 0.3 is 0 Å². The third-order valence-electron chi connectivity index (χ3n) is 4.90. The predicted molar refractivity (Wildman–Crippen MR) is 110 cm³/mol. The van der Waals surface area contributed by atoms with Crippen molar-refractivity contribution in [2.45, 2.75) is 0 Å². The number of rotatable bonds is 2. The summed E-state index contributed by atoms with van der Waals surface area (Å²) in [4.78, 5) is 0. The largest absolute Gasteiger partial charge is 0.456 e. The van der Waals surface area contributed by atoms with Crippen LogP contribution in [0.15, 0.2) is 103 Å². The molecule has 0 radical (unpaired) electrons. The van der Waals surface area contributed by atoms with Crippen LogP contribution in [0.25, 0.3) is 11.6 Å². The highest BCUT2D eigenvalue weighted by molar-refractivity contribution is 5.80. The summed E-state index contributed by atoms with van der Waals surface area (Å²) in [6.07, 6.45) is 2.23. The van der Waals surface area contributed by atoms with Crippen molar-refractivity contribution in [1.29, 1.82) is 0 Å². The molecule has 1 heteroatoms. The van der Waals surface area contributed by atoms with Crippen LogP contribution in [-0.4, -0.2) is 0 Å².